The van der Waals surface area contributed by atoms with Gasteiger partial charge in [-0.1, -0.05) is 68.4 Å². The summed E-state index contributed by atoms with van der Waals surface area (Å²) in [5.41, 5.74) is 6.72. The Kier molecular flexibility index (Phi) is 4.78. The molecule has 2 aliphatic carbocycles. The molecule has 2 unspecified atom stereocenters. The van der Waals surface area contributed by atoms with Gasteiger partial charge in [0.15, 0.2) is 0 Å². The lowest BCUT2D eigenvalue weighted by Gasteiger charge is -2.50. The molecule has 2 fully saturated rings. The molecule has 3 aromatic rings. The summed E-state index contributed by atoms with van der Waals surface area (Å²) in [6.45, 7) is 4.93. The Morgan fingerprint density at radius 2 is 1.41 bits per heavy atom. The van der Waals surface area contributed by atoms with Crippen LogP contribution < -0.4 is 0 Å². The van der Waals surface area contributed by atoms with Crippen LogP contribution in [-0.4, -0.2) is 4.98 Å². The summed E-state index contributed by atoms with van der Waals surface area (Å²) in [6, 6.07) is 24.3. The van der Waals surface area contributed by atoms with Crippen molar-refractivity contribution in [1.29, 1.82) is 0 Å². The zero-order chi connectivity index (χ0) is 19.8. The highest BCUT2D eigenvalue weighted by atomic mass is 14.7. The second-order valence-corrected chi connectivity index (χ2v) is 9.81. The lowest BCUT2D eigenvalue weighted by Crippen LogP contribution is -2.42. The Hall–Kier alpha value is -2.41. The maximum absolute atomic E-state index is 4.58. The van der Waals surface area contributed by atoms with Crippen molar-refractivity contribution in [3.05, 3.63) is 78.5 Å². The summed E-state index contributed by atoms with van der Waals surface area (Å²) in [5, 5.41) is 0. The van der Waals surface area contributed by atoms with E-state index in [1.54, 1.807) is 5.56 Å². The molecule has 1 aromatic heterocycles. The molecule has 1 heterocycles. The number of hydrogen-bond acceptors (Lipinski definition) is 1. The molecule has 148 valence electrons. The average molecular weight is 382 g/mol. The second-order valence-electron chi connectivity index (χ2n) is 9.81. The first-order valence-electron chi connectivity index (χ1n) is 11.2. The summed E-state index contributed by atoms with van der Waals surface area (Å²) in [4.78, 5) is 4.58. The van der Waals surface area contributed by atoms with Crippen LogP contribution in [0.3, 0.4) is 0 Å². The Morgan fingerprint density at radius 1 is 0.724 bits per heavy atom. The smallest absolute Gasteiger partial charge is 0.0708 e. The summed E-state index contributed by atoms with van der Waals surface area (Å²) < 4.78 is 0. The van der Waals surface area contributed by atoms with Crippen LogP contribution in [0.4, 0.5) is 0 Å². The predicted octanol–water partition coefficient (Wildman–Crippen LogP) is 7.52. The van der Waals surface area contributed by atoms with E-state index in [1.807, 2.05) is 12.3 Å². The maximum atomic E-state index is 4.58. The van der Waals surface area contributed by atoms with Gasteiger partial charge in [-0.2, -0.15) is 0 Å². The SMILES string of the molecule is CC1CC2CC(C)CC(c3ccc(-c4ccnc(-c5ccccc5)c4)cc3)(C1)C2. The van der Waals surface area contributed by atoms with Crippen molar-refractivity contribution in [3.8, 4) is 22.4 Å². The van der Waals surface area contributed by atoms with E-state index in [2.05, 4.69) is 79.5 Å². The van der Waals surface area contributed by atoms with E-state index < -0.39 is 0 Å². The minimum absolute atomic E-state index is 0.409. The molecule has 29 heavy (non-hydrogen) atoms. The van der Waals surface area contributed by atoms with Crippen molar-refractivity contribution in [1.82, 2.24) is 4.98 Å². The maximum Gasteiger partial charge on any atom is 0.0708 e. The standard InChI is InChI=1S/C28H31N/c1-20-14-22-15-21(2)18-28(17-20,19-22)26-10-8-23(9-11-26)25-12-13-29-27(16-25)24-6-4-3-5-7-24/h3-13,16,20-22H,14-15,17-19H2,1-2H3. The topological polar surface area (TPSA) is 12.9 Å². The van der Waals surface area contributed by atoms with Gasteiger partial charge in [0.2, 0.25) is 0 Å². The molecule has 0 spiro atoms. The van der Waals surface area contributed by atoms with E-state index >= 15 is 0 Å². The molecule has 2 aromatic carbocycles. The van der Waals surface area contributed by atoms with Gasteiger partial charge in [0.1, 0.15) is 0 Å². The third kappa shape index (κ3) is 3.64. The Balaban J connectivity index is 1.45. The summed E-state index contributed by atoms with van der Waals surface area (Å²) in [6.07, 6.45) is 8.92. The van der Waals surface area contributed by atoms with Crippen molar-refractivity contribution in [2.75, 3.05) is 0 Å². The summed E-state index contributed by atoms with van der Waals surface area (Å²) in [7, 11) is 0. The van der Waals surface area contributed by atoms with Crippen LogP contribution in [0.2, 0.25) is 0 Å². The Labute approximate surface area is 175 Å². The molecular formula is C28H31N. The molecule has 5 rings (SSSR count). The Morgan fingerprint density at radius 3 is 2.10 bits per heavy atom. The number of fused-ring (bicyclic) bond motifs is 2. The van der Waals surface area contributed by atoms with Crippen molar-refractivity contribution in [3.63, 3.8) is 0 Å². The molecule has 2 aliphatic rings. The van der Waals surface area contributed by atoms with E-state index in [9.17, 15) is 0 Å². The monoisotopic (exact) mass is 381 g/mol. The number of aromatic nitrogens is 1. The zero-order valence-corrected chi connectivity index (χ0v) is 17.6. The van der Waals surface area contributed by atoms with Crippen molar-refractivity contribution >= 4 is 0 Å². The highest BCUT2D eigenvalue weighted by molar-refractivity contribution is 5.70. The number of rotatable bonds is 3. The molecule has 1 nitrogen and oxygen atoms in total. The third-order valence-electron chi connectivity index (χ3n) is 7.29. The van der Waals surface area contributed by atoms with E-state index in [4.69, 9.17) is 0 Å². The lowest BCUT2D eigenvalue weighted by atomic mass is 9.54. The fourth-order valence-corrected chi connectivity index (χ4v) is 6.45. The first kappa shape index (κ1) is 18.6. The predicted molar refractivity (Wildman–Crippen MR) is 122 cm³/mol. The molecule has 2 saturated carbocycles. The van der Waals surface area contributed by atoms with Crippen LogP contribution in [0.15, 0.2) is 72.9 Å². The highest BCUT2D eigenvalue weighted by Crippen LogP contribution is 2.54. The van der Waals surface area contributed by atoms with Gasteiger partial charge in [0.25, 0.3) is 0 Å². The summed E-state index contributed by atoms with van der Waals surface area (Å²) in [5.74, 6) is 2.64. The van der Waals surface area contributed by atoms with Gasteiger partial charge >= 0.3 is 0 Å². The van der Waals surface area contributed by atoms with E-state index in [1.165, 1.54) is 48.8 Å². The number of pyridine rings is 1. The van der Waals surface area contributed by atoms with Crippen LogP contribution in [0, 0.1) is 17.8 Å². The highest BCUT2D eigenvalue weighted by Gasteiger charge is 2.45. The minimum atomic E-state index is 0.409. The van der Waals surface area contributed by atoms with E-state index in [0.29, 0.717) is 5.41 Å². The van der Waals surface area contributed by atoms with Crippen LogP contribution in [0.1, 0.15) is 51.5 Å². The Bertz CT molecular complexity index is 953. The van der Waals surface area contributed by atoms with Gasteiger partial charge in [-0.3, -0.25) is 4.98 Å². The van der Waals surface area contributed by atoms with Crippen molar-refractivity contribution in [2.45, 2.75) is 51.4 Å². The number of hydrogen-bond donors (Lipinski definition) is 0. The van der Waals surface area contributed by atoms with Crippen LogP contribution in [0.25, 0.3) is 22.4 Å². The first-order valence-corrected chi connectivity index (χ1v) is 11.2. The van der Waals surface area contributed by atoms with Crippen LogP contribution in [-0.2, 0) is 5.41 Å². The van der Waals surface area contributed by atoms with Gasteiger partial charge in [0, 0.05) is 11.8 Å². The average Bonchev–Trinajstić information content (AvgIpc) is 2.73. The zero-order valence-electron chi connectivity index (χ0n) is 17.6. The molecule has 2 bridgehead atoms. The third-order valence-corrected chi connectivity index (χ3v) is 7.29. The van der Waals surface area contributed by atoms with Gasteiger partial charge < -0.3 is 0 Å². The molecule has 1 heteroatoms. The number of nitrogens with zero attached hydrogens (tertiary/aromatic N) is 1. The second kappa shape index (κ2) is 7.44. The molecule has 2 atom stereocenters. The van der Waals surface area contributed by atoms with E-state index in [0.717, 1.165) is 23.4 Å². The van der Waals surface area contributed by atoms with Crippen LogP contribution >= 0.6 is 0 Å². The normalized spacial score (nSPS) is 28.8. The number of benzene rings is 2. The molecule has 0 radical (unpaired) electrons. The quantitative estimate of drug-likeness (QED) is 0.457. The molecule has 0 N–H and O–H groups in total. The fraction of sp³-hybridized carbons (Fsp3) is 0.393. The van der Waals surface area contributed by atoms with Crippen molar-refractivity contribution in [2.24, 2.45) is 17.8 Å². The van der Waals surface area contributed by atoms with E-state index in [-0.39, 0.29) is 0 Å². The lowest BCUT2D eigenvalue weighted by molar-refractivity contribution is 0.0780. The van der Waals surface area contributed by atoms with Crippen molar-refractivity contribution < 1.29 is 0 Å². The molecule has 0 amide bonds. The summed E-state index contributed by atoms with van der Waals surface area (Å²) >= 11 is 0. The molecule has 0 aliphatic heterocycles. The largest absolute Gasteiger partial charge is 0.256 e. The first-order chi connectivity index (χ1) is 14.1. The van der Waals surface area contributed by atoms with Gasteiger partial charge in [-0.25, -0.2) is 0 Å². The molecule has 0 saturated heterocycles. The van der Waals surface area contributed by atoms with Gasteiger partial charge in [-0.05, 0) is 84.1 Å². The fourth-order valence-electron chi connectivity index (χ4n) is 6.45. The minimum Gasteiger partial charge on any atom is -0.256 e. The molecular weight excluding hydrogens is 350 g/mol. The van der Waals surface area contributed by atoms with Gasteiger partial charge in [0.05, 0.1) is 5.69 Å². The van der Waals surface area contributed by atoms with Crippen LogP contribution in [0.5, 0.6) is 0 Å². The van der Waals surface area contributed by atoms with Gasteiger partial charge in [-0.15, -0.1) is 0 Å².